The van der Waals surface area contributed by atoms with E-state index in [2.05, 4.69) is 32.9 Å². The van der Waals surface area contributed by atoms with E-state index in [1.54, 1.807) is 11.3 Å². The molecule has 2 aliphatic heterocycles. The predicted octanol–water partition coefficient (Wildman–Crippen LogP) is 5.69. The van der Waals surface area contributed by atoms with Gasteiger partial charge in [0.25, 0.3) is 0 Å². The Kier molecular flexibility index (Phi) is 7.16. The van der Waals surface area contributed by atoms with E-state index in [4.69, 9.17) is 4.74 Å². The van der Waals surface area contributed by atoms with Crippen LogP contribution in [0, 0.1) is 11.3 Å². The standard InChI is InChI=1S/C28H43N3O.ClH/c1-32-25-8-14-30(15-9-25)24-4-5-27(31-18-16-29(17-19-31)21-22-2-3-22)26(20-24)23-6-10-28(11-7-23)12-13-28;/h4-5,20,22-23,25H,2-3,6-19,21H2,1H3;1H. The van der Waals surface area contributed by atoms with Crippen LogP contribution in [0.1, 0.15) is 75.7 Å². The lowest BCUT2D eigenvalue weighted by atomic mass is 9.76. The van der Waals surface area contributed by atoms with Crippen molar-refractivity contribution in [3.8, 4) is 0 Å². The molecule has 0 amide bonds. The van der Waals surface area contributed by atoms with Crippen molar-refractivity contribution in [2.45, 2.75) is 76.2 Å². The average molecular weight is 474 g/mol. The highest BCUT2D eigenvalue weighted by molar-refractivity contribution is 5.85. The summed E-state index contributed by atoms with van der Waals surface area (Å²) in [6.07, 6.45) is 14.5. The van der Waals surface area contributed by atoms with Gasteiger partial charge in [0.1, 0.15) is 0 Å². The molecule has 0 radical (unpaired) electrons. The van der Waals surface area contributed by atoms with Crippen LogP contribution in [0.4, 0.5) is 11.4 Å². The molecule has 0 N–H and O–H groups in total. The van der Waals surface area contributed by atoms with Gasteiger partial charge < -0.3 is 14.5 Å². The largest absolute Gasteiger partial charge is 0.381 e. The van der Waals surface area contributed by atoms with Crippen molar-refractivity contribution >= 4 is 23.8 Å². The van der Waals surface area contributed by atoms with E-state index in [9.17, 15) is 0 Å². The molecule has 5 fully saturated rings. The summed E-state index contributed by atoms with van der Waals surface area (Å²) in [6.45, 7) is 8.51. The molecule has 184 valence electrons. The van der Waals surface area contributed by atoms with E-state index in [-0.39, 0.29) is 12.4 Å². The molecule has 4 nitrogen and oxygen atoms in total. The van der Waals surface area contributed by atoms with E-state index in [0.29, 0.717) is 6.10 Å². The molecule has 5 heteroatoms. The molecule has 1 aromatic carbocycles. The Morgan fingerprint density at radius 2 is 1.52 bits per heavy atom. The van der Waals surface area contributed by atoms with Crippen LogP contribution in [0.5, 0.6) is 0 Å². The van der Waals surface area contributed by atoms with E-state index >= 15 is 0 Å². The van der Waals surface area contributed by atoms with Gasteiger partial charge >= 0.3 is 0 Å². The average Bonchev–Trinajstić information content (AvgIpc) is 3.79. The molecule has 3 saturated carbocycles. The first-order valence-corrected chi connectivity index (χ1v) is 13.6. The summed E-state index contributed by atoms with van der Waals surface area (Å²) in [4.78, 5) is 8.06. The molecule has 33 heavy (non-hydrogen) atoms. The lowest BCUT2D eigenvalue weighted by Crippen LogP contribution is -2.47. The van der Waals surface area contributed by atoms with Crippen molar-refractivity contribution in [3.63, 3.8) is 0 Å². The number of ether oxygens (including phenoxy) is 1. The van der Waals surface area contributed by atoms with Gasteiger partial charge in [0, 0.05) is 64.3 Å². The fourth-order valence-electron chi connectivity index (χ4n) is 6.76. The Morgan fingerprint density at radius 1 is 0.818 bits per heavy atom. The SMILES string of the molecule is COC1CCN(c2ccc(N3CCN(CC4CC4)CC3)c(C3CCC4(CC3)CC4)c2)CC1.Cl. The smallest absolute Gasteiger partial charge is 0.0605 e. The number of piperidine rings is 1. The number of hydrogen-bond donors (Lipinski definition) is 0. The minimum absolute atomic E-state index is 0. The Balaban J connectivity index is 0.00000228. The lowest BCUT2D eigenvalue weighted by Gasteiger charge is -2.40. The fourth-order valence-corrected chi connectivity index (χ4v) is 6.76. The number of benzene rings is 1. The van der Waals surface area contributed by atoms with Gasteiger partial charge in [-0.3, -0.25) is 4.90 Å². The first-order valence-electron chi connectivity index (χ1n) is 13.6. The second-order valence-corrected chi connectivity index (χ2v) is 11.7. The molecule has 2 saturated heterocycles. The van der Waals surface area contributed by atoms with E-state index in [0.717, 1.165) is 43.2 Å². The van der Waals surface area contributed by atoms with Crippen LogP contribution in [-0.4, -0.2) is 63.9 Å². The number of methoxy groups -OCH3 is 1. The summed E-state index contributed by atoms with van der Waals surface area (Å²) in [5.41, 5.74) is 5.45. The zero-order chi connectivity index (χ0) is 21.5. The van der Waals surface area contributed by atoms with Crippen LogP contribution in [0.15, 0.2) is 18.2 Å². The Bertz CT molecular complexity index is 782. The van der Waals surface area contributed by atoms with Crippen molar-refractivity contribution in [1.82, 2.24) is 4.90 Å². The van der Waals surface area contributed by atoms with Crippen molar-refractivity contribution in [3.05, 3.63) is 23.8 Å². The molecule has 1 spiro atoms. The first kappa shape index (κ1) is 23.8. The summed E-state index contributed by atoms with van der Waals surface area (Å²) < 4.78 is 5.62. The molecule has 0 bridgehead atoms. The fraction of sp³-hybridized carbons (Fsp3) is 0.786. The number of halogens is 1. The molecule has 0 atom stereocenters. The summed E-state index contributed by atoms with van der Waals surface area (Å²) in [5.74, 6) is 1.77. The number of anilines is 2. The lowest BCUT2D eigenvalue weighted by molar-refractivity contribution is 0.0819. The Labute approximate surface area is 207 Å². The van der Waals surface area contributed by atoms with E-state index in [1.807, 2.05) is 7.11 Å². The quantitative estimate of drug-likeness (QED) is 0.528. The van der Waals surface area contributed by atoms with Crippen LogP contribution >= 0.6 is 12.4 Å². The maximum absolute atomic E-state index is 5.62. The Morgan fingerprint density at radius 3 is 2.12 bits per heavy atom. The number of nitrogens with zero attached hydrogens (tertiary/aromatic N) is 3. The first-order chi connectivity index (χ1) is 15.7. The van der Waals surface area contributed by atoms with Gasteiger partial charge in [-0.05, 0) is 105 Å². The highest BCUT2D eigenvalue weighted by Crippen LogP contribution is 2.59. The van der Waals surface area contributed by atoms with Crippen LogP contribution < -0.4 is 9.80 Å². The van der Waals surface area contributed by atoms with Gasteiger partial charge in [-0.25, -0.2) is 0 Å². The molecule has 2 heterocycles. The predicted molar refractivity (Wildman–Crippen MR) is 140 cm³/mol. The van der Waals surface area contributed by atoms with Crippen molar-refractivity contribution in [2.24, 2.45) is 11.3 Å². The zero-order valence-corrected chi connectivity index (χ0v) is 21.5. The number of rotatable bonds is 6. The van der Waals surface area contributed by atoms with Gasteiger partial charge in [-0.1, -0.05) is 0 Å². The minimum atomic E-state index is 0. The second-order valence-electron chi connectivity index (χ2n) is 11.7. The third-order valence-electron chi connectivity index (χ3n) is 9.52. The molecule has 6 rings (SSSR count). The second kappa shape index (κ2) is 9.95. The molecular weight excluding hydrogens is 430 g/mol. The topological polar surface area (TPSA) is 19.0 Å². The monoisotopic (exact) mass is 473 g/mol. The van der Waals surface area contributed by atoms with Crippen molar-refractivity contribution in [2.75, 3.05) is 62.7 Å². The van der Waals surface area contributed by atoms with Gasteiger partial charge in [-0.2, -0.15) is 0 Å². The molecule has 5 aliphatic rings. The van der Waals surface area contributed by atoms with Crippen LogP contribution in [-0.2, 0) is 4.74 Å². The van der Waals surface area contributed by atoms with Crippen LogP contribution in [0.25, 0.3) is 0 Å². The molecular formula is C28H44ClN3O. The van der Waals surface area contributed by atoms with E-state index < -0.39 is 0 Å². The number of piperazine rings is 1. The summed E-state index contributed by atoms with van der Waals surface area (Å²) in [6, 6.07) is 7.52. The van der Waals surface area contributed by atoms with Crippen molar-refractivity contribution < 1.29 is 4.74 Å². The maximum atomic E-state index is 5.62. The van der Waals surface area contributed by atoms with E-state index in [1.165, 1.54) is 89.8 Å². The summed E-state index contributed by atoms with van der Waals surface area (Å²) in [5, 5.41) is 0. The summed E-state index contributed by atoms with van der Waals surface area (Å²) >= 11 is 0. The third-order valence-corrected chi connectivity index (χ3v) is 9.52. The molecule has 0 unspecified atom stereocenters. The maximum Gasteiger partial charge on any atom is 0.0605 e. The molecule has 1 aromatic rings. The van der Waals surface area contributed by atoms with Crippen LogP contribution in [0.2, 0.25) is 0 Å². The highest BCUT2D eigenvalue weighted by Gasteiger charge is 2.45. The van der Waals surface area contributed by atoms with Crippen LogP contribution in [0.3, 0.4) is 0 Å². The molecule has 0 aromatic heterocycles. The van der Waals surface area contributed by atoms with Gasteiger partial charge in [0.2, 0.25) is 0 Å². The Hall–Kier alpha value is -0.970. The zero-order valence-electron chi connectivity index (χ0n) is 20.6. The minimum Gasteiger partial charge on any atom is -0.381 e. The highest BCUT2D eigenvalue weighted by atomic mass is 35.5. The number of hydrogen-bond acceptors (Lipinski definition) is 4. The molecule has 3 aliphatic carbocycles. The third kappa shape index (κ3) is 5.33. The van der Waals surface area contributed by atoms with Crippen molar-refractivity contribution in [1.29, 1.82) is 0 Å². The summed E-state index contributed by atoms with van der Waals surface area (Å²) in [7, 11) is 1.87. The van der Waals surface area contributed by atoms with Gasteiger partial charge in [0.05, 0.1) is 6.10 Å². The van der Waals surface area contributed by atoms with Gasteiger partial charge in [-0.15, -0.1) is 12.4 Å². The van der Waals surface area contributed by atoms with Gasteiger partial charge in [0.15, 0.2) is 0 Å². The normalized spacial score (nSPS) is 26.5.